The Morgan fingerprint density at radius 2 is 1.68 bits per heavy atom. The summed E-state index contributed by atoms with van der Waals surface area (Å²) in [7, 11) is 0. The number of rotatable bonds is 5. The number of carbonyl (C=O) groups excluding carboxylic acids is 1. The van der Waals surface area contributed by atoms with Gasteiger partial charge in [0, 0.05) is 12.3 Å². The maximum atomic E-state index is 12.2. The van der Waals surface area contributed by atoms with Crippen LogP contribution in [0, 0.1) is 52.3 Å². The maximum absolute atomic E-state index is 12.2. The molecule has 0 spiro atoms. The van der Waals surface area contributed by atoms with E-state index >= 15 is 0 Å². The average molecular weight is 435 g/mol. The Bertz CT molecular complexity index is 676. The highest BCUT2D eigenvalue weighted by atomic mass is 16.3. The molecule has 4 aliphatic carbocycles. The van der Waals surface area contributed by atoms with Gasteiger partial charge in [0.15, 0.2) is 0 Å². The molecule has 31 heavy (non-hydrogen) atoms. The number of fused-ring (bicyclic) bond motifs is 5. The molecule has 4 heteroatoms. The third-order valence-electron chi connectivity index (χ3n) is 11.0. The quantitative estimate of drug-likeness (QED) is 0.591. The van der Waals surface area contributed by atoms with Crippen molar-refractivity contribution in [3.63, 3.8) is 0 Å². The SMILES string of the molecule is CC(C)C(=O)CCC(C)[C@H]1CCC2C3C(O)C[C@@H]4C[C@H](O)CC[C@]4(C)C3C[C@H](O)[C@@]21C. The van der Waals surface area contributed by atoms with Crippen LogP contribution >= 0.6 is 0 Å². The lowest BCUT2D eigenvalue weighted by molar-refractivity contribution is -0.207. The molecule has 0 aromatic rings. The highest BCUT2D eigenvalue weighted by Crippen LogP contribution is 2.68. The van der Waals surface area contributed by atoms with Crippen LogP contribution in [0.1, 0.15) is 92.4 Å². The zero-order valence-corrected chi connectivity index (χ0v) is 20.4. The zero-order chi connectivity index (χ0) is 22.7. The van der Waals surface area contributed by atoms with Crippen molar-refractivity contribution in [3.8, 4) is 0 Å². The van der Waals surface area contributed by atoms with Gasteiger partial charge >= 0.3 is 0 Å². The van der Waals surface area contributed by atoms with E-state index in [4.69, 9.17) is 0 Å². The van der Waals surface area contributed by atoms with Gasteiger partial charge in [-0.05, 0) is 97.7 Å². The van der Waals surface area contributed by atoms with Gasteiger partial charge < -0.3 is 15.3 Å². The molecular weight excluding hydrogens is 388 g/mol. The topological polar surface area (TPSA) is 77.8 Å². The van der Waals surface area contributed by atoms with Gasteiger partial charge in [-0.2, -0.15) is 0 Å². The zero-order valence-electron chi connectivity index (χ0n) is 20.4. The van der Waals surface area contributed by atoms with Gasteiger partial charge in [0.25, 0.3) is 0 Å². The van der Waals surface area contributed by atoms with E-state index in [0.29, 0.717) is 41.8 Å². The largest absolute Gasteiger partial charge is 0.393 e. The molecule has 4 saturated carbocycles. The van der Waals surface area contributed by atoms with Crippen LogP contribution in [0.2, 0.25) is 0 Å². The monoisotopic (exact) mass is 434 g/mol. The van der Waals surface area contributed by atoms with Crippen molar-refractivity contribution in [2.75, 3.05) is 0 Å². The van der Waals surface area contributed by atoms with Crippen molar-refractivity contribution in [1.82, 2.24) is 0 Å². The molecule has 4 rings (SSSR count). The number of aliphatic hydroxyl groups is 3. The molecule has 4 aliphatic rings. The lowest BCUT2D eigenvalue weighted by Gasteiger charge is -2.63. The second-order valence-electron chi connectivity index (χ2n) is 12.7. The Kier molecular flexibility index (Phi) is 6.42. The second-order valence-corrected chi connectivity index (χ2v) is 12.7. The summed E-state index contributed by atoms with van der Waals surface area (Å²) < 4.78 is 0. The summed E-state index contributed by atoms with van der Waals surface area (Å²) in [5, 5.41) is 33.2. The fraction of sp³-hybridized carbons (Fsp3) is 0.963. The van der Waals surface area contributed by atoms with Crippen LogP contribution in [0.4, 0.5) is 0 Å². The van der Waals surface area contributed by atoms with Crippen LogP contribution in [-0.2, 0) is 4.79 Å². The van der Waals surface area contributed by atoms with Crippen molar-refractivity contribution in [2.24, 2.45) is 52.3 Å². The molecule has 4 fully saturated rings. The molecule has 0 aromatic heterocycles. The van der Waals surface area contributed by atoms with Crippen molar-refractivity contribution in [1.29, 1.82) is 0 Å². The molecule has 3 N–H and O–H groups in total. The summed E-state index contributed by atoms with van der Waals surface area (Å²) in [6, 6.07) is 0. The Hall–Kier alpha value is -0.450. The summed E-state index contributed by atoms with van der Waals surface area (Å²) in [6.07, 6.45) is 7.11. The van der Waals surface area contributed by atoms with E-state index in [9.17, 15) is 20.1 Å². The smallest absolute Gasteiger partial charge is 0.135 e. The van der Waals surface area contributed by atoms with Crippen LogP contribution in [-0.4, -0.2) is 39.4 Å². The predicted molar refractivity (Wildman–Crippen MR) is 122 cm³/mol. The van der Waals surface area contributed by atoms with E-state index in [2.05, 4.69) is 20.8 Å². The van der Waals surface area contributed by atoms with Crippen LogP contribution in [0.3, 0.4) is 0 Å². The second kappa shape index (κ2) is 8.40. The van der Waals surface area contributed by atoms with Gasteiger partial charge in [-0.25, -0.2) is 0 Å². The highest BCUT2D eigenvalue weighted by molar-refractivity contribution is 5.80. The van der Waals surface area contributed by atoms with Crippen LogP contribution in [0.25, 0.3) is 0 Å². The van der Waals surface area contributed by atoms with Crippen LogP contribution in [0.5, 0.6) is 0 Å². The average Bonchev–Trinajstić information content (AvgIpc) is 3.06. The molecular formula is C27H46O4. The minimum Gasteiger partial charge on any atom is -0.393 e. The van der Waals surface area contributed by atoms with Gasteiger partial charge in [0.2, 0.25) is 0 Å². The van der Waals surface area contributed by atoms with Crippen molar-refractivity contribution in [2.45, 2.75) is 111 Å². The molecule has 0 saturated heterocycles. The standard InChI is InChI=1S/C27H46O4/c1-15(2)22(29)9-6-16(3)19-7-8-20-25-21(14-24(31)27(19,20)5)26(4)11-10-18(28)12-17(26)13-23(25)30/h15-21,23-25,28,30-31H,6-14H2,1-5H3/t16?,17-,18+,19+,20?,21?,23?,24-,25?,26-,27+/m0/s1. The molecule has 0 radical (unpaired) electrons. The Balaban J connectivity index is 1.56. The number of hydrogen-bond acceptors (Lipinski definition) is 4. The number of Topliss-reactive ketones (excluding diaryl/α,β-unsaturated/α-hetero) is 1. The minimum atomic E-state index is -0.343. The van der Waals surface area contributed by atoms with E-state index in [-0.39, 0.29) is 41.0 Å². The third kappa shape index (κ3) is 3.73. The van der Waals surface area contributed by atoms with E-state index in [1.807, 2.05) is 13.8 Å². The first-order valence-electron chi connectivity index (χ1n) is 13.1. The van der Waals surface area contributed by atoms with Crippen molar-refractivity contribution >= 4 is 5.78 Å². The number of aliphatic hydroxyl groups excluding tert-OH is 3. The fourth-order valence-electron chi connectivity index (χ4n) is 8.99. The normalized spacial score (nSPS) is 50.5. The maximum Gasteiger partial charge on any atom is 0.135 e. The van der Waals surface area contributed by atoms with Gasteiger partial charge in [0.05, 0.1) is 18.3 Å². The van der Waals surface area contributed by atoms with Gasteiger partial charge in [-0.1, -0.05) is 34.6 Å². The highest BCUT2D eigenvalue weighted by Gasteiger charge is 2.65. The summed E-state index contributed by atoms with van der Waals surface area (Å²) >= 11 is 0. The van der Waals surface area contributed by atoms with E-state index in [1.165, 1.54) is 0 Å². The molecule has 0 amide bonds. The van der Waals surface area contributed by atoms with Gasteiger partial charge in [-0.3, -0.25) is 4.79 Å². The predicted octanol–water partition coefficient (Wildman–Crippen LogP) is 4.59. The summed E-state index contributed by atoms with van der Waals surface area (Å²) in [6.45, 7) is 10.9. The van der Waals surface area contributed by atoms with Crippen molar-refractivity contribution < 1.29 is 20.1 Å². The molecule has 178 valence electrons. The van der Waals surface area contributed by atoms with E-state index < -0.39 is 0 Å². The Labute approximate surface area is 189 Å². The number of hydrogen-bond donors (Lipinski definition) is 3. The molecule has 0 aromatic carbocycles. The first kappa shape index (κ1) is 23.7. The van der Waals surface area contributed by atoms with Gasteiger partial charge in [0.1, 0.15) is 5.78 Å². The first-order chi connectivity index (χ1) is 14.5. The number of carbonyl (C=O) groups is 1. The fourth-order valence-corrected chi connectivity index (χ4v) is 8.99. The molecule has 5 unspecified atom stereocenters. The van der Waals surface area contributed by atoms with Crippen molar-refractivity contribution in [3.05, 3.63) is 0 Å². The lowest BCUT2D eigenvalue weighted by Crippen LogP contribution is -2.62. The third-order valence-corrected chi connectivity index (χ3v) is 11.0. The Morgan fingerprint density at radius 1 is 0.968 bits per heavy atom. The molecule has 4 nitrogen and oxygen atoms in total. The molecule has 11 atom stereocenters. The molecule has 0 aliphatic heterocycles. The molecule has 0 bridgehead atoms. The summed E-state index contributed by atoms with van der Waals surface area (Å²) in [5.41, 5.74) is -0.0430. The van der Waals surface area contributed by atoms with E-state index in [0.717, 1.165) is 51.4 Å². The number of ketones is 1. The summed E-state index contributed by atoms with van der Waals surface area (Å²) in [4.78, 5) is 12.2. The summed E-state index contributed by atoms with van der Waals surface area (Å²) in [5.74, 6) is 2.60. The van der Waals surface area contributed by atoms with E-state index in [1.54, 1.807) is 0 Å². The Morgan fingerprint density at radius 3 is 2.35 bits per heavy atom. The van der Waals surface area contributed by atoms with Crippen LogP contribution in [0.15, 0.2) is 0 Å². The van der Waals surface area contributed by atoms with Crippen LogP contribution < -0.4 is 0 Å². The minimum absolute atomic E-state index is 0.0974. The first-order valence-corrected chi connectivity index (χ1v) is 13.1. The molecule has 0 heterocycles. The van der Waals surface area contributed by atoms with Gasteiger partial charge in [-0.15, -0.1) is 0 Å². The lowest BCUT2D eigenvalue weighted by atomic mass is 9.43.